The van der Waals surface area contributed by atoms with Gasteiger partial charge in [0.1, 0.15) is 0 Å². The predicted molar refractivity (Wildman–Crippen MR) is 82.4 cm³/mol. The molecular weight excluding hydrogens is 230 g/mol. The molecule has 1 nitrogen and oxygen atoms in total. The number of nitrogens with zero attached hydrogens (tertiary/aromatic N) is 1. The number of para-hydroxylation sites is 1. The lowest BCUT2D eigenvalue weighted by atomic mass is 10.0. The minimum Gasteiger partial charge on any atom is -0.344 e. The molecule has 0 atom stereocenters. The van der Waals surface area contributed by atoms with Gasteiger partial charge in [-0.1, -0.05) is 55.5 Å². The first-order valence-corrected chi connectivity index (χ1v) is 7.02. The Morgan fingerprint density at radius 3 is 2.21 bits per heavy atom. The highest BCUT2D eigenvalue weighted by atomic mass is 15.0. The Kier molecular flexibility index (Phi) is 3.12. The van der Waals surface area contributed by atoms with Crippen molar-refractivity contribution in [3.8, 4) is 11.1 Å². The number of fused-ring (bicyclic) bond motifs is 1. The fourth-order valence-electron chi connectivity index (χ4n) is 3.01. The van der Waals surface area contributed by atoms with E-state index in [-0.39, 0.29) is 0 Å². The molecule has 96 valence electrons. The van der Waals surface area contributed by atoms with Crippen LogP contribution in [0.25, 0.3) is 22.0 Å². The van der Waals surface area contributed by atoms with E-state index in [0.717, 1.165) is 13.0 Å². The van der Waals surface area contributed by atoms with Crippen molar-refractivity contribution in [2.75, 3.05) is 0 Å². The molecule has 3 rings (SSSR count). The number of aromatic nitrogens is 1. The summed E-state index contributed by atoms with van der Waals surface area (Å²) in [5.41, 5.74) is 5.51. The van der Waals surface area contributed by atoms with E-state index in [1.54, 1.807) is 0 Å². The highest BCUT2D eigenvalue weighted by Gasteiger charge is 2.15. The normalized spacial score (nSPS) is 11.1. The molecule has 0 unspecified atom stereocenters. The molecule has 0 fully saturated rings. The van der Waals surface area contributed by atoms with Crippen LogP contribution < -0.4 is 0 Å². The maximum absolute atomic E-state index is 2.44. The van der Waals surface area contributed by atoms with Gasteiger partial charge in [0, 0.05) is 28.7 Å². The zero-order valence-electron chi connectivity index (χ0n) is 11.6. The summed E-state index contributed by atoms with van der Waals surface area (Å²) >= 11 is 0. The molecule has 0 saturated heterocycles. The summed E-state index contributed by atoms with van der Waals surface area (Å²) in [5.74, 6) is 0. The number of rotatable bonds is 3. The van der Waals surface area contributed by atoms with Crippen molar-refractivity contribution in [1.29, 1.82) is 0 Å². The molecule has 0 radical (unpaired) electrons. The second-order valence-electron chi connectivity index (χ2n) is 4.80. The van der Waals surface area contributed by atoms with Crippen molar-refractivity contribution in [3.05, 3.63) is 60.3 Å². The van der Waals surface area contributed by atoms with E-state index in [1.165, 1.54) is 27.7 Å². The van der Waals surface area contributed by atoms with Crippen LogP contribution in [0.2, 0.25) is 0 Å². The van der Waals surface area contributed by atoms with E-state index in [1.807, 2.05) is 0 Å². The topological polar surface area (TPSA) is 4.93 Å². The van der Waals surface area contributed by atoms with E-state index in [0.29, 0.717) is 0 Å². The van der Waals surface area contributed by atoms with Crippen LogP contribution in [-0.4, -0.2) is 4.57 Å². The molecule has 0 bridgehead atoms. The van der Waals surface area contributed by atoms with Crippen LogP contribution in [0.5, 0.6) is 0 Å². The van der Waals surface area contributed by atoms with Gasteiger partial charge in [0.25, 0.3) is 0 Å². The molecule has 3 aromatic rings. The third-order valence-corrected chi connectivity index (χ3v) is 3.79. The predicted octanol–water partition coefficient (Wildman–Crippen LogP) is 4.89. The summed E-state index contributed by atoms with van der Waals surface area (Å²) in [6.07, 6.45) is 1.06. The summed E-state index contributed by atoms with van der Waals surface area (Å²) in [5, 5.41) is 1.37. The van der Waals surface area contributed by atoms with Gasteiger partial charge in [-0.25, -0.2) is 0 Å². The molecule has 1 heterocycles. The lowest BCUT2D eigenvalue weighted by Crippen LogP contribution is -1.99. The SMILES string of the molecule is CCc1c(-c2ccccc2)c2ccccc2n1CC. The highest BCUT2D eigenvalue weighted by Crippen LogP contribution is 2.35. The van der Waals surface area contributed by atoms with Gasteiger partial charge in [0.05, 0.1) is 0 Å². The Bertz CT molecular complexity index is 692. The van der Waals surface area contributed by atoms with Crippen LogP contribution >= 0.6 is 0 Å². The van der Waals surface area contributed by atoms with Gasteiger partial charge in [0.2, 0.25) is 0 Å². The zero-order valence-corrected chi connectivity index (χ0v) is 11.6. The van der Waals surface area contributed by atoms with Gasteiger partial charge >= 0.3 is 0 Å². The second-order valence-corrected chi connectivity index (χ2v) is 4.80. The molecule has 1 heteroatoms. The number of benzene rings is 2. The Hall–Kier alpha value is -2.02. The molecule has 2 aromatic carbocycles. The largest absolute Gasteiger partial charge is 0.344 e. The van der Waals surface area contributed by atoms with Crippen molar-refractivity contribution in [3.63, 3.8) is 0 Å². The van der Waals surface area contributed by atoms with Crippen molar-refractivity contribution in [2.45, 2.75) is 26.8 Å². The van der Waals surface area contributed by atoms with E-state index >= 15 is 0 Å². The first kappa shape index (κ1) is 12.0. The smallest absolute Gasteiger partial charge is 0.0488 e. The monoisotopic (exact) mass is 249 g/mol. The van der Waals surface area contributed by atoms with Crippen LogP contribution in [-0.2, 0) is 13.0 Å². The van der Waals surface area contributed by atoms with Crippen LogP contribution in [0.1, 0.15) is 19.5 Å². The highest BCUT2D eigenvalue weighted by molar-refractivity contribution is 5.98. The first-order valence-electron chi connectivity index (χ1n) is 7.02. The molecule has 19 heavy (non-hydrogen) atoms. The van der Waals surface area contributed by atoms with Gasteiger partial charge in [-0.15, -0.1) is 0 Å². The average molecular weight is 249 g/mol. The van der Waals surface area contributed by atoms with Gasteiger partial charge < -0.3 is 4.57 Å². The Balaban J connectivity index is 2.40. The third kappa shape index (κ3) is 1.86. The Morgan fingerprint density at radius 1 is 0.842 bits per heavy atom. The van der Waals surface area contributed by atoms with Crippen molar-refractivity contribution in [1.82, 2.24) is 4.57 Å². The number of hydrogen-bond donors (Lipinski definition) is 0. The number of hydrogen-bond acceptors (Lipinski definition) is 0. The lowest BCUT2D eigenvalue weighted by Gasteiger charge is -2.08. The Morgan fingerprint density at radius 2 is 1.53 bits per heavy atom. The second kappa shape index (κ2) is 4.93. The molecule has 0 amide bonds. The fraction of sp³-hybridized carbons (Fsp3) is 0.222. The fourth-order valence-corrected chi connectivity index (χ4v) is 3.01. The minimum absolute atomic E-state index is 1.02. The van der Waals surface area contributed by atoms with Crippen LogP contribution in [0.3, 0.4) is 0 Å². The summed E-state index contributed by atoms with van der Waals surface area (Å²) in [6.45, 7) is 5.49. The van der Waals surface area contributed by atoms with Crippen LogP contribution in [0.15, 0.2) is 54.6 Å². The van der Waals surface area contributed by atoms with Crippen LogP contribution in [0.4, 0.5) is 0 Å². The summed E-state index contributed by atoms with van der Waals surface area (Å²) < 4.78 is 2.44. The standard InChI is InChI=1S/C18H19N/c1-3-16-18(14-10-6-5-7-11-14)15-12-8-9-13-17(15)19(16)4-2/h5-13H,3-4H2,1-2H3. The van der Waals surface area contributed by atoms with E-state index in [2.05, 4.69) is 73.0 Å². The van der Waals surface area contributed by atoms with Gasteiger partial charge in [-0.05, 0) is 25.0 Å². The molecule has 0 aliphatic carbocycles. The minimum atomic E-state index is 1.02. The average Bonchev–Trinajstić information content (AvgIpc) is 2.81. The molecule has 0 aliphatic heterocycles. The van der Waals surface area contributed by atoms with Gasteiger partial charge in [0.15, 0.2) is 0 Å². The molecule has 0 saturated carbocycles. The molecule has 1 aromatic heterocycles. The summed E-state index contributed by atoms with van der Waals surface area (Å²) in [4.78, 5) is 0. The van der Waals surface area contributed by atoms with Crippen molar-refractivity contribution < 1.29 is 0 Å². The molecule has 0 N–H and O–H groups in total. The summed E-state index contributed by atoms with van der Waals surface area (Å²) in [7, 11) is 0. The lowest BCUT2D eigenvalue weighted by molar-refractivity contribution is 0.747. The van der Waals surface area contributed by atoms with E-state index < -0.39 is 0 Å². The van der Waals surface area contributed by atoms with Gasteiger partial charge in [-0.3, -0.25) is 0 Å². The maximum Gasteiger partial charge on any atom is 0.0488 e. The molecule has 0 aliphatic rings. The quantitative estimate of drug-likeness (QED) is 0.622. The van der Waals surface area contributed by atoms with Gasteiger partial charge in [-0.2, -0.15) is 0 Å². The third-order valence-electron chi connectivity index (χ3n) is 3.79. The summed E-state index contributed by atoms with van der Waals surface area (Å²) in [6, 6.07) is 19.5. The first-order chi connectivity index (χ1) is 9.36. The van der Waals surface area contributed by atoms with E-state index in [4.69, 9.17) is 0 Å². The van der Waals surface area contributed by atoms with Crippen molar-refractivity contribution in [2.24, 2.45) is 0 Å². The van der Waals surface area contributed by atoms with Crippen LogP contribution in [0, 0.1) is 0 Å². The van der Waals surface area contributed by atoms with Crippen molar-refractivity contribution >= 4 is 10.9 Å². The Labute approximate surface area is 114 Å². The van der Waals surface area contributed by atoms with E-state index in [9.17, 15) is 0 Å². The zero-order chi connectivity index (χ0) is 13.2. The molecule has 0 spiro atoms. The number of aryl methyl sites for hydroxylation is 1. The molecular formula is C18H19N. The maximum atomic E-state index is 2.44.